The van der Waals surface area contributed by atoms with E-state index in [-0.39, 0.29) is 11.4 Å². The highest BCUT2D eigenvalue weighted by atomic mass is 16.1. The van der Waals surface area contributed by atoms with Gasteiger partial charge in [-0.25, -0.2) is 0 Å². The van der Waals surface area contributed by atoms with E-state index in [0.29, 0.717) is 11.3 Å². The molecule has 0 aliphatic heterocycles. The Balaban J connectivity index is 1.66. The third kappa shape index (κ3) is 2.84. The fourth-order valence-electron chi connectivity index (χ4n) is 3.57. The van der Waals surface area contributed by atoms with Crippen molar-refractivity contribution in [2.75, 3.05) is 5.32 Å². The van der Waals surface area contributed by atoms with Crippen molar-refractivity contribution in [2.24, 2.45) is 0 Å². The van der Waals surface area contributed by atoms with Crippen molar-refractivity contribution in [3.05, 3.63) is 47.4 Å². The number of para-hydroxylation sites is 1. The van der Waals surface area contributed by atoms with Gasteiger partial charge in [-0.1, -0.05) is 12.1 Å². The van der Waals surface area contributed by atoms with Gasteiger partial charge < -0.3 is 10.3 Å². The lowest BCUT2D eigenvalue weighted by Crippen LogP contribution is -2.22. The van der Waals surface area contributed by atoms with Gasteiger partial charge in [0, 0.05) is 17.3 Å². The van der Waals surface area contributed by atoms with Crippen LogP contribution in [0.1, 0.15) is 55.2 Å². The summed E-state index contributed by atoms with van der Waals surface area (Å²) in [6.07, 6.45) is 8.18. The van der Waals surface area contributed by atoms with Crippen molar-refractivity contribution in [3.63, 3.8) is 0 Å². The largest absolute Gasteiger partial charge is 0.358 e. The van der Waals surface area contributed by atoms with Crippen LogP contribution in [-0.4, -0.2) is 20.7 Å². The highest BCUT2D eigenvalue weighted by molar-refractivity contribution is 6.12. The molecule has 130 valence electrons. The van der Waals surface area contributed by atoms with Gasteiger partial charge in [-0.05, 0) is 58.1 Å². The Morgan fingerprint density at radius 1 is 1.24 bits per heavy atom. The van der Waals surface area contributed by atoms with Crippen LogP contribution in [0.5, 0.6) is 0 Å². The molecule has 0 unspecified atom stereocenters. The number of anilines is 1. The Hall–Kier alpha value is -2.56. The fourth-order valence-corrected chi connectivity index (χ4v) is 3.57. The molecule has 1 aromatic carbocycles. The average molecular weight is 336 g/mol. The normalized spacial score (nSPS) is 14.5. The van der Waals surface area contributed by atoms with Gasteiger partial charge in [-0.15, -0.1) is 0 Å². The summed E-state index contributed by atoms with van der Waals surface area (Å²) in [5.41, 5.74) is 4.93. The maximum atomic E-state index is 12.8. The molecule has 1 aliphatic rings. The second-order valence-electron chi connectivity index (χ2n) is 7.82. The van der Waals surface area contributed by atoms with Crippen molar-refractivity contribution in [1.29, 1.82) is 0 Å². The number of H-pyrrole nitrogens is 1. The number of carbonyl (C=O) groups excluding carboxylic acids is 1. The summed E-state index contributed by atoms with van der Waals surface area (Å²) in [4.78, 5) is 16.3. The number of amides is 1. The van der Waals surface area contributed by atoms with Gasteiger partial charge in [0.05, 0.1) is 28.5 Å². The first-order valence-electron chi connectivity index (χ1n) is 8.92. The molecule has 0 saturated carbocycles. The average Bonchev–Trinajstić information content (AvgIpc) is 3.18. The molecule has 0 atom stereocenters. The van der Waals surface area contributed by atoms with Crippen molar-refractivity contribution in [1.82, 2.24) is 14.8 Å². The minimum absolute atomic E-state index is 0.0994. The lowest BCUT2D eigenvalue weighted by Gasteiger charge is -2.18. The molecule has 3 aromatic rings. The van der Waals surface area contributed by atoms with Gasteiger partial charge in [0.25, 0.3) is 5.91 Å². The molecule has 0 fully saturated rings. The summed E-state index contributed by atoms with van der Waals surface area (Å²) < 4.78 is 1.86. The van der Waals surface area contributed by atoms with Gasteiger partial charge in [0.2, 0.25) is 0 Å². The van der Waals surface area contributed by atoms with Crippen LogP contribution < -0.4 is 5.32 Å². The first-order chi connectivity index (χ1) is 11.9. The zero-order valence-corrected chi connectivity index (χ0v) is 15.0. The first-order valence-corrected chi connectivity index (χ1v) is 8.92. The highest BCUT2D eigenvalue weighted by Crippen LogP contribution is 2.31. The minimum atomic E-state index is -0.110. The number of carbonyl (C=O) groups is 1. The second kappa shape index (κ2) is 5.76. The molecule has 2 aromatic heterocycles. The molecule has 0 bridgehead atoms. The Morgan fingerprint density at radius 2 is 2.04 bits per heavy atom. The molecule has 0 radical (unpaired) electrons. The van der Waals surface area contributed by atoms with Crippen LogP contribution in [0.3, 0.4) is 0 Å². The lowest BCUT2D eigenvalue weighted by atomic mass is 9.95. The standard InChI is InChI=1S/C20H24N4O/c1-20(2,3)24-12-13(11-21-24)22-19(25)16-9-6-8-15-14-7-4-5-10-17(14)23-18(15)16/h6,8-9,11-12,23H,4-5,7,10H2,1-3H3,(H,22,25). The predicted octanol–water partition coefficient (Wildman–Crippen LogP) is 4.25. The number of fused-ring (bicyclic) bond motifs is 3. The maximum Gasteiger partial charge on any atom is 0.257 e. The molecule has 0 spiro atoms. The van der Waals surface area contributed by atoms with Crippen LogP contribution in [0.4, 0.5) is 5.69 Å². The number of aryl methyl sites for hydroxylation is 2. The van der Waals surface area contributed by atoms with E-state index < -0.39 is 0 Å². The molecule has 5 nitrogen and oxygen atoms in total. The van der Waals surface area contributed by atoms with Crippen LogP contribution in [0.15, 0.2) is 30.6 Å². The number of hydrogen-bond donors (Lipinski definition) is 2. The van der Waals surface area contributed by atoms with Gasteiger partial charge in [0.1, 0.15) is 0 Å². The van der Waals surface area contributed by atoms with E-state index in [2.05, 4.69) is 42.2 Å². The Labute approximate surface area is 147 Å². The molecule has 5 heteroatoms. The van der Waals surface area contributed by atoms with Crippen molar-refractivity contribution in [2.45, 2.75) is 52.0 Å². The molecule has 25 heavy (non-hydrogen) atoms. The number of hydrogen-bond acceptors (Lipinski definition) is 2. The van der Waals surface area contributed by atoms with Gasteiger partial charge in [-0.3, -0.25) is 9.48 Å². The Kier molecular flexibility index (Phi) is 3.67. The predicted molar refractivity (Wildman–Crippen MR) is 100 cm³/mol. The molecule has 0 saturated heterocycles. The minimum Gasteiger partial charge on any atom is -0.358 e. The Bertz CT molecular complexity index is 942. The summed E-state index contributed by atoms with van der Waals surface area (Å²) in [5.74, 6) is -0.0994. The second-order valence-corrected chi connectivity index (χ2v) is 7.82. The van der Waals surface area contributed by atoms with Crippen LogP contribution >= 0.6 is 0 Å². The molecule has 2 N–H and O–H groups in total. The van der Waals surface area contributed by atoms with Crippen molar-refractivity contribution in [3.8, 4) is 0 Å². The summed E-state index contributed by atoms with van der Waals surface area (Å²) in [6.45, 7) is 6.24. The zero-order chi connectivity index (χ0) is 17.6. The van der Waals surface area contributed by atoms with Crippen LogP contribution in [0, 0.1) is 0 Å². The number of rotatable bonds is 2. The molecule has 1 aliphatic carbocycles. The summed E-state index contributed by atoms with van der Waals surface area (Å²) in [7, 11) is 0. The number of benzene rings is 1. The lowest BCUT2D eigenvalue weighted by molar-refractivity contribution is 0.102. The maximum absolute atomic E-state index is 12.8. The summed E-state index contributed by atoms with van der Waals surface area (Å²) >= 11 is 0. The van der Waals surface area contributed by atoms with Crippen LogP contribution in [-0.2, 0) is 18.4 Å². The quantitative estimate of drug-likeness (QED) is 0.735. The van der Waals surface area contributed by atoms with Gasteiger partial charge in [0.15, 0.2) is 0 Å². The SMILES string of the molecule is CC(C)(C)n1cc(NC(=O)c2cccc3c4c([nH]c23)CCCC4)cn1. The topological polar surface area (TPSA) is 62.7 Å². The molecule has 1 amide bonds. The molecule has 2 heterocycles. The van der Waals surface area contributed by atoms with E-state index in [1.165, 1.54) is 29.5 Å². The fraction of sp³-hybridized carbons (Fsp3) is 0.400. The van der Waals surface area contributed by atoms with E-state index in [9.17, 15) is 4.79 Å². The summed E-state index contributed by atoms with van der Waals surface area (Å²) in [5, 5.41) is 8.51. The smallest absolute Gasteiger partial charge is 0.257 e. The van der Waals surface area contributed by atoms with Crippen molar-refractivity contribution >= 4 is 22.5 Å². The van der Waals surface area contributed by atoms with Crippen LogP contribution in [0.25, 0.3) is 10.9 Å². The number of aromatic nitrogens is 3. The van der Waals surface area contributed by atoms with Gasteiger partial charge >= 0.3 is 0 Å². The number of aromatic amines is 1. The third-order valence-corrected chi connectivity index (χ3v) is 4.91. The number of nitrogens with zero attached hydrogens (tertiary/aromatic N) is 2. The molecular weight excluding hydrogens is 312 g/mol. The molecular formula is C20H24N4O. The molecule has 4 rings (SSSR count). The van der Waals surface area contributed by atoms with E-state index in [1.807, 2.05) is 23.0 Å². The van der Waals surface area contributed by atoms with Gasteiger partial charge in [-0.2, -0.15) is 5.10 Å². The first kappa shape index (κ1) is 15.9. The Morgan fingerprint density at radius 3 is 2.80 bits per heavy atom. The van der Waals surface area contributed by atoms with E-state index in [0.717, 1.165) is 18.4 Å². The highest BCUT2D eigenvalue weighted by Gasteiger charge is 2.20. The third-order valence-electron chi connectivity index (χ3n) is 4.91. The van der Waals surface area contributed by atoms with E-state index in [1.54, 1.807) is 6.20 Å². The van der Waals surface area contributed by atoms with E-state index >= 15 is 0 Å². The monoisotopic (exact) mass is 336 g/mol. The van der Waals surface area contributed by atoms with Crippen molar-refractivity contribution < 1.29 is 4.79 Å². The number of nitrogens with one attached hydrogen (secondary N) is 2. The van der Waals surface area contributed by atoms with E-state index in [4.69, 9.17) is 0 Å². The summed E-state index contributed by atoms with van der Waals surface area (Å²) in [6, 6.07) is 5.97. The zero-order valence-electron chi connectivity index (χ0n) is 15.0. The van der Waals surface area contributed by atoms with Crippen LogP contribution in [0.2, 0.25) is 0 Å².